The Balaban J connectivity index is 1.94. The highest BCUT2D eigenvalue weighted by atomic mass is 16.5. The van der Waals surface area contributed by atoms with Crippen LogP contribution < -0.4 is 10.6 Å². The zero-order chi connectivity index (χ0) is 14.4. The van der Waals surface area contributed by atoms with Gasteiger partial charge in [-0.1, -0.05) is 13.8 Å². The Morgan fingerprint density at radius 1 is 1.30 bits per heavy atom. The summed E-state index contributed by atoms with van der Waals surface area (Å²) in [5, 5.41) is 6.68. The molecule has 2 rings (SSSR count). The van der Waals surface area contributed by atoms with Gasteiger partial charge in [-0.05, 0) is 25.7 Å². The summed E-state index contributed by atoms with van der Waals surface area (Å²) in [7, 11) is 0. The van der Waals surface area contributed by atoms with E-state index >= 15 is 0 Å². The van der Waals surface area contributed by atoms with Crippen molar-refractivity contribution in [2.75, 3.05) is 36.9 Å². The second-order valence-corrected chi connectivity index (χ2v) is 5.63. The first-order chi connectivity index (χ1) is 9.69. The molecule has 20 heavy (non-hydrogen) atoms. The average Bonchev–Trinajstić information content (AvgIpc) is 2.92. The zero-order valence-electron chi connectivity index (χ0n) is 12.8. The van der Waals surface area contributed by atoms with Gasteiger partial charge < -0.3 is 15.4 Å². The molecule has 1 aromatic heterocycles. The molecule has 1 aromatic rings. The van der Waals surface area contributed by atoms with E-state index in [9.17, 15) is 0 Å². The summed E-state index contributed by atoms with van der Waals surface area (Å²) in [6.45, 7) is 9.94. The normalized spacial score (nSPS) is 18.5. The molecular formula is C15H26N4O. The largest absolute Gasteiger partial charge is 0.381 e. The van der Waals surface area contributed by atoms with Gasteiger partial charge in [-0.3, -0.25) is 0 Å². The van der Waals surface area contributed by atoms with Crippen LogP contribution in [-0.4, -0.2) is 36.3 Å². The smallest absolute Gasteiger partial charge is 0.135 e. The summed E-state index contributed by atoms with van der Waals surface area (Å²) < 4.78 is 5.40. The van der Waals surface area contributed by atoms with Crippen molar-refractivity contribution in [1.82, 2.24) is 9.97 Å². The van der Waals surface area contributed by atoms with Gasteiger partial charge >= 0.3 is 0 Å². The van der Waals surface area contributed by atoms with Gasteiger partial charge in [0.15, 0.2) is 0 Å². The minimum Gasteiger partial charge on any atom is -0.381 e. The number of nitrogens with one attached hydrogen (secondary N) is 2. The summed E-state index contributed by atoms with van der Waals surface area (Å²) in [4.78, 5) is 9.11. The van der Waals surface area contributed by atoms with Crippen LogP contribution in [0.5, 0.6) is 0 Å². The molecule has 1 aliphatic rings. The van der Waals surface area contributed by atoms with Crippen LogP contribution >= 0.6 is 0 Å². The van der Waals surface area contributed by atoms with Crippen molar-refractivity contribution in [3.8, 4) is 0 Å². The summed E-state index contributed by atoms with van der Waals surface area (Å²) in [5.74, 6) is 3.73. The maximum Gasteiger partial charge on any atom is 0.135 e. The first-order valence-electron chi connectivity index (χ1n) is 7.63. The van der Waals surface area contributed by atoms with Crippen molar-refractivity contribution in [3.63, 3.8) is 0 Å². The molecule has 1 fully saturated rings. The van der Waals surface area contributed by atoms with Crippen molar-refractivity contribution in [2.45, 2.75) is 39.5 Å². The van der Waals surface area contributed by atoms with E-state index < -0.39 is 0 Å². The van der Waals surface area contributed by atoms with Gasteiger partial charge in [0.1, 0.15) is 17.5 Å². The molecule has 1 unspecified atom stereocenters. The molecule has 0 amide bonds. The highest BCUT2D eigenvalue weighted by Crippen LogP contribution is 2.19. The number of nitrogens with zero attached hydrogens (tertiary/aromatic N) is 2. The van der Waals surface area contributed by atoms with Crippen LogP contribution in [-0.2, 0) is 4.74 Å². The van der Waals surface area contributed by atoms with Crippen LogP contribution in [0.25, 0.3) is 0 Å². The number of aromatic nitrogens is 2. The van der Waals surface area contributed by atoms with Crippen molar-refractivity contribution in [2.24, 2.45) is 5.92 Å². The third kappa shape index (κ3) is 4.34. The maximum absolute atomic E-state index is 5.40. The average molecular weight is 278 g/mol. The molecule has 112 valence electrons. The van der Waals surface area contributed by atoms with E-state index in [0.29, 0.717) is 11.8 Å². The molecule has 0 bridgehead atoms. The highest BCUT2D eigenvalue weighted by molar-refractivity contribution is 5.47. The van der Waals surface area contributed by atoms with Gasteiger partial charge in [0.25, 0.3) is 0 Å². The minimum atomic E-state index is 0.331. The van der Waals surface area contributed by atoms with Crippen molar-refractivity contribution < 1.29 is 4.74 Å². The van der Waals surface area contributed by atoms with Gasteiger partial charge in [-0.25, -0.2) is 9.97 Å². The van der Waals surface area contributed by atoms with Crippen molar-refractivity contribution in [1.29, 1.82) is 0 Å². The molecule has 0 saturated carbocycles. The van der Waals surface area contributed by atoms with Gasteiger partial charge in [-0.15, -0.1) is 0 Å². The lowest BCUT2D eigenvalue weighted by Gasteiger charge is -2.13. The van der Waals surface area contributed by atoms with E-state index in [1.54, 1.807) is 0 Å². The summed E-state index contributed by atoms with van der Waals surface area (Å²) in [6.07, 6.45) is 2.32. The Hall–Kier alpha value is -1.36. The fourth-order valence-electron chi connectivity index (χ4n) is 2.30. The molecule has 1 saturated heterocycles. The van der Waals surface area contributed by atoms with Gasteiger partial charge in [0.2, 0.25) is 0 Å². The van der Waals surface area contributed by atoms with Crippen LogP contribution in [0.4, 0.5) is 11.6 Å². The van der Waals surface area contributed by atoms with Crippen LogP contribution in [0.2, 0.25) is 0 Å². The van der Waals surface area contributed by atoms with Crippen molar-refractivity contribution in [3.05, 3.63) is 11.9 Å². The van der Waals surface area contributed by atoms with E-state index in [-0.39, 0.29) is 0 Å². The van der Waals surface area contributed by atoms with Crippen LogP contribution in [0.3, 0.4) is 0 Å². The lowest BCUT2D eigenvalue weighted by molar-refractivity contribution is 0.185. The number of ether oxygens (including phenoxy) is 1. The molecule has 0 aliphatic carbocycles. The quantitative estimate of drug-likeness (QED) is 0.803. The van der Waals surface area contributed by atoms with E-state index in [4.69, 9.17) is 4.74 Å². The van der Waals surface area contributed by atoms with Gasteiger partial charge in [-0.2, -0.15) is 0 Å². The third-order valence-electron chi connectivity index (χ3n) is 3.50. The number of rotatable bonds is 7. The SMILES string of the molecule is CCNc1cc(NCCC2CCOC2)nc(C(C)C)n1. The monoisotopic (exact) mass is 278 g/mol. The molecular weight excluding hydrogens is 252 g/mol. The van der Waals surface area contributed by atoms with E-state index in [1.807, 2.05) is 6.07 Å². The Labute approximate surface area is 121 Å². The number of anilines is 2. The van der Waals surface area contributed by atoms with Crippen LogP contribution in [0, 0.1) is 5.92 Å². The fourth-order valence-corrected chi connectivity index (χ4v) is 2.30. The number of hydrogen-bond acceptors (Lipinski definition) is 5. The Bertz CT molecular complexity index is 416. The first-order valence-corrected chi connectivity index (χ1v) is 7.63. The fraction of sp³-hybridized carbons (Fsp3) is 0.733. The Morgan fingerprint density at radius 3 is 2.65 bits per heavy atom. The summed E-state index contributed by atoms with van der Waals surface area (Å²) in [5.41, 5.74) is 0. The predicted octanol–water partition coefficient (Wildman–Crippen LogP) is 2.87. The van der Waals surface area contributed by atoms with E-state index in [0.717, 1.165) is 50.2 Å². The third-order valence-corrected chi connectivity index (χ3v) is 3.50. The van der Waals surface area contributed by atoms with E-state index in [2.05, 4.69) is 41.4 Å². The topological polar surface area (TPSA) is 59.1 Å². The Kier molecular flexibility index (Phi) is 5.59. The Morgan fingerprint density at radius 2 is 2.05 bits per heavy atom. The molecule has 2 heterocycles. The first kappa shape index (κ1) is 15.0. The molecule has 5 nitrogen and oxygen atoms in total. The van der Waals surface area contributed by atoms with Gasteiger partial charge in [0.05, 0.1) is 0 Å². The van der Waals surface area contributed by atoms with Crippen LogP contribution in [0.1, 0.15) is 45.4 Å². The summed E-state index contributed by atoms with van der Waals surface area (Å²) in [6, 6.07) is 1.99. The lowest BCUT2D eigenvalue weighted by Crippen LogP contribution is -2.12. The molecule has 1 aliphatic heterocycles. The molecule has 1 atom stereocenters. The van der Waals surface area contributed by atoms with E-state index in [1.165, 1.54) is 6.42 Å². The second kappa shape index (κ2) is 7.43. The zero-order valence-corrected chi connectivity index (χ0v) is 12.8. The second-order valence-electron chi connectivity index (χ2n) is 5.63. The highest BCUT2D eigenvalue weighted by Gasteiger charge is 2.15. The predicted molar refractivity (Wildman–Crippen MR) is 82.3 cm³/mol. The maximum atomic E-state index is 5.40. The minimum absolute atomic E-state index is 0.331. The summed E-state index contributed by atoms with van der Waals surface area (Å²) >= 11 is 0. The number of hydrogen-bond donors (Lipinski definition) is 2. The lowest BCUT2D eigenvalue weighted by atomic mass is 10.1. The van der Waals surface area contributed by atoms with Gasteiger partial charge in [0, 0.05) is 38.3 Å². The molecule has 5 heteroatoms. The standard InChI is InChI=1S/C15H26N4O/c1-4-16-13-9-14(19-15(18-13)11(2)3)17-7-5-12-6-8-20-10-12/h9,11-12H,4-8,10H2,1-3H3,(H2,16,17,18,19). The molecule has 0 radical (unpaired) electrons. The molecule has 2 N–H and O–H groups in total. The molecule has 0 aromatic carbocycles. The van der Waals surface area contributed by atoms with Crippen molar-refractivity contribution >= 4 is 11.6 Å². The van der Waals surface area contributed by atoms with Crippen LogP contribution in [0.15, 0.2) is 6.07 Å². The molecule has 0 spiro atoms.